The molecular weight excluding hydrogens is 298 g/mol. The van der Waals surface area contributed by atoms with Crippen LogP contribution in [0.4, 0.5) is 0 Å². The zero-order valence-electron chi connectivity index (χ0n) is 13.7. The van der Waals surface area contributed by atoms with Crippen LogP contribution in [0.5, 0.6) is 0 Å². The molecule has 0 aliphatic heterocycles. The summed E-state index contributed by atoms with van der Waals surface area (Å²) in [5, 5.41) is 0.686. The zero-order chi connectivity index (χ0) is 16.1. The summed E-state index contributed by atoms with van der Waals surface area (Å²) >= 11 is 5.88. The molecule has 21 heavy (non-hydrogen) atoms. The van der Waals surface area contributed by atoms with E-state index in [4.69, 9.17) is 22.5 Å². The molecule has 1 heterocycles. The van der Waals surface area contributed by atoms with E-state index < -0.39 is 8.32 Å². The monoisotopic (exact) mass is 323 g/mol. The lowest BCUT2D eigenvalue weighted by atomic mass is 10.1. The topological polar surface area (TPSA) is 22.1 Å². The van der Waals surface area contributed by atoms with Crippen LogP contribution in [0.15, 0.2) is 18.3 Å². The Morgan fingerprint density at radius 3 is 2.52 bits per heavy atom. The molecule has 0 aliphatic carbocycles. The van der Waals surface area contributed by atoms with E-state index in [1.165, 1.54) is 0 Å². The minimum Gasteiger partial charge on any atom is -0.410 e. The first-order chi connectivity index (χ1) is 9.67. The predicted octanol–water partition coefficient (Wildman–Crippen LogP) is 5.60. The summed E-state index contributed by atoms with van der Waals surface area (Å²) in [4.78, 5) is 4.18. The fourth-order valence-electron chi connectivity index (χ4n) is 1.79. The van der Waals surface area contributed by atoms with Crippen LogP contribution in [0.2, 0.25) is 23.3 Å². The number of aromatic nitrogens is 1. The Morgan fingerprint density at radius 1 is 1.38 bits per heavy atom. The van der Waals surface area contributed by atoms with Gasteiger partial charge in [0.25, 0.3) is 0 Å². The Kier molecular flexibility index (Phi) is 6.46. The SMILES string of the molecule is C#CCCC[C@@H](O[Si](C)(C)C(C)(C)C)c1ccc(Cl)nc1. The van der Waals surface area contributed by atoms with Gasteiger partial charge in [0.15, 0.2) is 8.32 Å². The van der Waals surface area contributed by atoms with Crippen molar-refractivity contribution in [2.75, 3.05) is 0 Å². The molecular formula is C17H26ClNOSi. The van der Waals surface area contributed by atoms with E-state index in [0.29, 0.717) is 5.15 Å². The van der Waals surface area contributed by atoms with Gasteiger partial charge in [-0.15, -0.1) is 12.3 Å². The number of terminal acetylenes is 1. The van der Waals surface area contributed by atoms with E-state index >= 15 is 0 Å². The van der Waals surface area contributed by atoms with Gasteiger partial charge in [-0.3, -0.25) is 0 Å². The maximum atomic E-state index is 6.56. The van der Waals surface area contributed by atoms with Crippen molar-refractivity contribution in [3.8, 4) is 12.3 Å². The normalized spacial score (nSPS) is 13.8. The van der Waals surface area contributed by atoms with Crippen molar-refractivity contribution in [2.45, 2.75) is 64.3 Å². The summed E-state index contributed by atoms with van der Waals surface area (Å²) in [5.41, 5.74) is 1.08. The first kappa shape index (κ1) is 18.2. The van der Waals surface area contributed by atoms with Crippen LogP contribution in [0.3, 0.4) is 0 Å². The van der Waals surface area contributed by atoms with Gasteiger partial charge in [0.05, 0.1) is 6.10 Å². The van der Waals surface area contributed by atoms with Gasteiger partial charge in [0.1, 0.15) is 5.15 Å². The second-order valence-electron chi connectivity index (χ2n) is 6.88. The summed E-state index contributed by atoms with van der Waals surface area (Å²) in [6, 6.07) is 3.82. The minimum absolute atomic E-state index is 0.0454. The second kappa shape index (κ2) is 7.44. The number of hydrogen-bond acceptors (Lipinski definition) is 2. The number of hydrogen-bond donors (Lipinski definition) is 0. The molecule has 1 aromatic rings. The van der Waals surface area contributed by atoms with Gasteiger partial charge in [-0.2, -0.15) is 0 Å². The van der Waals surface area contributed by atoms with Gasteiger partial charge in [-0.05, 0) is 42.6 Å². The van der Waals surface area contributed by atoms with E-state index in [0.717, 1.165) is 24.8 Å². The third-order valence-corrected chi connectivity index (χ3v) is 8.86. The predicted molar refractivity (Wildman–Crippen MR) is 93.0 cm³/mol. The summed E-state index contributed by atoms with van der Waals surface area (Å²) in [7, 11) is -1.84. The van der Waals surface area contributed by atoms with Gasteiger partial charge in [-0.25, -0.2) is 4.98 Å². The van der Waals surface area contributed by atoms with Crippen LogP contribution in [0.1, 0.15) is 51.7 Å². The molecule has 0 fully saturated rings. The number of nitrogens with zero attached hydrogens (tertiary/aromatic N) is 1. The smallest absolute Gasteiger partial charge is 0.192 e. The summed E-state index contributed by atoms with van der Waals surface area (Å²) in [6.07, 6.45) is 9.87. The third kappa shape index (κ3) is 5.46. The Hall–Kier alpha value is -0.823. The van der Waals surface area contributed by atoms with Gasteiger partial charge in [0.2, 0.25) is 0 Å². The van der Waals surface area contributed by atoms with Crippen molar-refractivity contribution < 1.29 is 4.43 Å². The number of pyridine rings is 1. The quantitative estimate of drug-likeness (QED) is 0.294. The Morgan fingerprint density at radius 2 is 2.05 bits per heavy atom. The molecule has 116 valence electrons. The first-order valence-corrected chi connectivity index (χ1v) is 10.7. The number of rotatable bonds is 6. The molecule has 0 aromatic carbocycles. The Bertz CT molecular complexity index is 485. The van der Waals surface area contributed by atoms with Gasteiger partial charge >= 0.3 is 0 Å². The highest BCUT2D eigenvalue weighted by molar-refractivity contribution is 6.74. The maximum absolute atomic E-state index is 6.56. The molecule has 1 rings (SSSR count). The number of unbranched alkanes of at least 4 members (excludes halogenated alkanes) is 1. The molecule has 0 saturated heterocycles. The molecule has 2 nitrogen and oxygen atoms in total. The molecule has 0 amide bonds. The standard InChI is InChI=1S/C17H26ClNOSi/c1-7-8-9-10-15(14-11-12-16(18)19-13-14)20-21(5,6)17(2,3)4/h1,11-13,15H,8-10H2,2-6H3/t15-/m1/s1. The van der Waals surface area contributed by atoms with Gasteiger partial charge in [-0.1, -0.05) is 38.4 Å². The molecule has 0 aliphatic rings. The highest BCUT2D eigenvalue weighted by Crippen LogP contribution is 2.40. The highest BCUT2D eigenvalue weighted by atomic mass is 35.5. The van der Waals surface area contributed by atoms with E-state index in [1.54, 1.807) is 0 Å². The molecule has 4 heteroatoms. The fourth-order valence-corrected chi connectivity index (χ4v) is 3.22. The Labute approximate surface area is 135 Å². The molecule has 1 aromatic heterocycles. The number of halogens is 1. The van der Waals surface area contributed by atoms with E-state index in [2.05, 4.69) is 44.8 Å². The molecule has 0 unspecified atom stereocenters. The largest absolute Gasteiger partial charge is 0.410 e. The van der Waals surface area contributed by atoms with Crippen LogP contribution in [0.25, 0.3) is 0 Å². The zero-order valence-corrected chi connectivity index (χ0v) is 15.5. The maximum Gasteiger partial charge on any atom is 0.192 e. The van der Waals surface area contributed by atoms with E-state index in [-0.39, 0.29) is 11.1 Å². The molecule has 0 N–H and O–H groups in total. The first-order valence-electron chi connectivity index (χ1n) is 7.40. The van der Waals surface area contributed by atoms with Crippen molar-refractivity contribution in [2.24, 2.45) is 0 Å². The summed E-state index contributed by atoms with van der Waals surface area (Å²) in [6.45, 7) is 11.3. The van der Waals surface area contributed by atoms with Crippen molar-refractivity contribution in [3.63, 3.8) is 0 Å². The van der Waals surface area contributed by atoms with Crippen LogP contribution in [0, 0.1) is 12.3 Å². The molecule has 0 spiro atoms. The molecule has 0 bridgehead atoms. The lowest BCUT2D eigenvalue weighted by molar-refractivity contribution is 0.171. The summed E-state index contributed by atoms with van der Waals surface area (Å²) < 4.78 is 6.56. The highest BCUT2D eigenvalue weighted by Gasteiger charge is 2.39. The van der Waals surface area contributed by atoms with Crippen LogP contribution in [-0.4, -0.2) is 13.3 Å². The average Bonchev–Trinajstić information content (AvgIpc) is 2.37. The fraction of sp³-hybridized carbons (Fsp3) is 0.588. The minimum atomic E-state index is -1.84. The third-order valence-electron chi connectivity index (χ3n) is 4.15. The summed E-state index contributed by atoms with van der Waals surface area (Å²) in [5.74, 6) is 2.70. The lowest BCUT2D eigenvalue weighted by Crippen LogP contribution is -2.41. The molecule has 1 atom stereocenters. The molecule has 0 radical (unpaired) electrons. The van der Waals surface area contributed by atoms with Crippen molar-refractivity contribution in [1.29, 1.82) is 0 Å². The molecule has 0 saturated carbocycles. The average molecular weight is 324 g/mol. The Balaban J connectivity index is 2.92. The van der Waals surface area contributed by atoms with Crippen LogP contribution < -0.4 is 0 Å². The van der Waals surface area contributed by atoms with Crippen molar-refractivity contribution in [3.05, 3.63) is 29.0 Å². The van der Waals surface area contributed by atoms with Crippen LogP contribution in [-0.2, 0) is 4.43 Å². The van der Waals surface area contributed by atoms with Gasteiger partial charge < -0.3 is 4.43 Å². The lowest BCUT2D eigenvalue weighted by Gasteiger charge is -2.39. The van der Waals surface area contributed by atoms with E-state index in [1.807, 2.05) is 18.3 Å². The van der Waals surface area contributed by atoms with Gasteiger partial charge in [0, 0.05) is 12.6 Å². The van der Waals surface area contributed by atoms with E-state index in [9.17, 15) is 0 Å². The second-order valence-corrected chi connectivity index (χ2v) is 12.0. The van der Waals surface area contributed by atoms with Crippen molar-refractivity contribution in [1.82, 2.24) is 4.98 Å². The van der Waals surface area contributed by atoms with Crippen LogP contribution >= 0.6 is 11.6 Å². The van der Waals surface area contributed by atoms with Crippen molar-refractivity contribution >= 4 is 19.9 Å².